The quantitative estimate of drug-likeness (QED) is 0.219. The van der Waals surface area contributed by atoms with Crippen LogP contribution in [0.4, 0.5) is 10.1 Å². The number of aromatic nitrogens is 2. The largest absolute Gasteiger partial charge is 0.452 e. The molecule has 0 radical (unpaired) electrons. The van der Waals surface area contributed by atoms with E-state index >= 15 is 0 Å². The Labute approximate surface area is 180 Å². The Bertz CT molecular complexity index is 1270. The van der Waals surface area contributed by atoms with Gasteiger partial charge >= 0.3 is 5.97 Å². The molecule has 13 heteroatoms. The molecule has 0 fully saturated rings. The minimum Gasteiger partial charge on any atom is -0.452 e. The van der Waals surface area contributed by atoms with Crippen LogP contribution in [0.3, 0.4) is 0 Å². The van der Waals surface area contributed by atoms with Crippen LogP contribution in [0.15, 0.2) is 64.4 Å². The lowest BCUT2D eigenvalue weighted by Gasteiger charge is -2.08. The molecule has 0 amide bonds. The van der Waals surface area contributed by atoms with Crippen LogP contribution in [0.2, 0.25) is 0 Å². The lowest BCUT2D eigenvalue weighted by molar-refractivity contribution is -0.384. The van der Waals surface area contributed by atoms with Crippen LogP contribution in [-0.2, 0) is 21.4 Å². The van der Waals surface area contributed by atoms with Gasteiger partial charge in [-0.25, -0.2) is 22.3 Å². The van der Waals surface area contributed by atoms with Gasteiger partial charge in [-0.3, -0.25) is 10.1 Å². The SMILES string of the molecule is C=CCNS(=O)(=O)c1cc(C(=O)OCc2nnc(-c3ccc([N+](=O)[O-])cc3)o2)ccc1F. The molecule has 3 rings (SSSR count). The lowest BCUT2D eigenvalue weighted by atomic mass is 10.2. The van der Waals surface area contributed by atoms with Gasteiger partial charge in [-0.05, 0) is 30.3 Å². The van der Waals surface area contributed by atoms with Crippen molar-refractivity contribution in [1.82, 2.24) is 14.9 Å². The van der Waals surface area contributed by atoms with E-state index in [-0.39, 0.29) is 29.6 Å². The number of ether oxygens (including phenoxy) is 1. The third-order valence-electron chi connectivity index (χ3n) is 3.99. The van der Waals surface area contributed by atoms with Crippen molar-refractivity contribution in [2.45, 2.75) is 11.5 Å². The van der Waals surface area contributed by atoms with E-state index in [0.29, 0.717) is 5.56 Å². The molecule has 3 aromatic rings. The molecule has 1 aromatic heterocycles. The smallest absolute Gasteiger partial charge is 0.338 e. The number of nitro groups is 1. The van der Waals surface area contributed by atoms with Crippen LogP contribution in [-0.4, -0.2) is 36.1 Å². The zero-order valence-corrected chi connectivity index (χ0v) is 17.0. The maximum Gasteiger partial charge on any atom is 0.338 e. The number of carbonyl (C=O) groups is 1. The number of sulfonamides is 1. The van der Waals surface area contributed by atoms with Crippen molar-refractivity contribution in [2.75, 3.05) is 6.54 Å². The first-order chi connectivity index (χ1) is 15.2. The molecular formula is C19H15FN4O7S. The van der Waals surface area contributed by atoms with Crippen molar-refractivity contribution in [1.29, 1.82) is 0 Å². The number of nitro benzene ring substituents is 1. The van der Waals surface area contributed by atoms with Gasteiger partial charge in [-0.2, -0.15) is 0 Å². The molecule has 0 saturated carbocycles. The average Bonchev–Trinajstić information content (AvgIpc) is 3.25. The molecule has 0 aliphatic heterocycles. The predicted molar refractivity (Wildman–Crippen MR) is 107 cm³/mol. The molecule has 2 aromatic carbocycles. The number of rotatable bonds is 9. The summed E-state index contributed by atoms with van der Waals surface area (Å²) in [6.07, 6.45) is 1.28. The van der Waals surface area contributed by atoms with Gasteiger partial charge in [0.15, 0.2) is 6.61 Å². The summed E-state index contributed by atoms with van der Waals surface area (Å²) in [5.41, 5.74) is 0.101. The van der Waals surface area contributed by atoms with E-state index in [0.717, 1.165) is 18.2 Å². The van der Waals surface area contributed by atoms with E-state index in [2.05, 4.69) is 21.5 Å². The van der Waals surface area contributed by atoms with Crippen molar-refractivity contribution in [3.8, 4) is 11.5 Å². The van der Waals surface area contributed by atoms with Crippen molar-refractivity contribution in [2.24, 2.45) is 0 Å². The molecule has 1 N–H and O–H groups in total. The molecular weight excluding hydrogens is 447 g/mol. The first-order valence-corrected chi connectivity index (χ1v) is 10.3. The summed E-state index contributed by atoms with van der Waals surface area (Å²) in [6, 6.07) is 8.12. The fourth-order valence-electron chi connectivity index (χ4n) is 2.45. The number of nitrogens with one attached hydrogen (secondary N) is 1. The molecule has 166 valence electrons. The van der Waals surface area contributed by atoms with Gasteiger partial charge in [0.2, 0.25) is 15.9 Å². The summed E-state index contributed by atoms with van der Waals surface area (Å²) in [5.74, 6) is -2.01. The molecule has 0 saturated heterocycles. The molecule has 0 bridgehead atoms. The standard InChI is InChI=1S/C19H15FN4O7S/c1-2-9-21-32(28,29)16-10-13(5-8-15(16)20)19(25)30-11-17-22-23-18(31-17)12-3-6-14(7-4-12)24(26)27/h2-8,10,21H,1,9,11H2. The highest BCUT2D eigenvalue weighted by Crippen LogP contribution is 2.22. The highest BCUT2D eigenvalue weighted by molar-refractivity contribution is 7.89. The number of esters is 1. The molecule has 1 heterocycles. The van der Waals surface area contributed by atoms with Crippen molar-refractivity contribution < 1.29 is 31.7 Å². The Balaban J connectivity index is 1.69. The first kappa shape index (κ1) is 22.7. The molecule has 0 unspecified atom stereocenters. The Morgan fingerprint density at radius 2 is 1.97 bits per heavy atom. The Kier molecular flexibility index (Phi) is 6.70. The molecule has 32 heavy (non-hydrogen) atoms. The van der Waals surface area contributed by atoms with Gasteiger partial charge in [0.25, 0.3) is 11.6 Å². The zero-order valence-electron chi connectivity index (χ0n) is 16.2. The van der Waals surface area contributed by atoms with E-state index in [9.17, 15) is 27.7 Å². The lowest BCUT2D eigenvalue weighted by Crippen LogP contribution is -2.25. The van der Waals surface area contributed by atoms with Gasteiger partial charge in [-0.15, -0.1) is 16.8 Å². The minimum atomic E-state index is -4.20. The van der Waals surface area contributed by atoms with Crippen molar-refractivity contribution in [3.05, 3.63) is 82.5 Å². The van der Waals surface area contributed by atoms with Crippen LogP contribution >= 0.6 is 0 Å². The van der Waals surface area contributed by atoms with E-state index < -0.39 is 38.2 Å². The predicted octanol–water partition coefficient (Wildman–Crippen LogP) is 2.61. The highest BCUT2D eigenvalue weighted by Gasteiger charge is 2.21. The van der Waals surface area contributed by atoms with Gasteiger partial charge < -0.3 is 9.15 Å². The number of nitrogens with zero attached hydrogens (tertiary/aromatic N) is 3. The molecule has 0 atom stereocenters. The second kappa shape index (κ2) is 9.45. The van der Waals surface area contributed by atoms with E-state index in [1.165, 1.54) is 30.3 Å². The Hall–Kier alpha value is -3.97. The average molecular weight is 462 g/mol. The van der Waals surface area contributed by atoms with Crippen LogP contribution in [0.5, 0.6) is 0 Å². The summed E-state index contributed by atoms with van der Waals surface area (Å²) in [6.45, 7) is 2.81. The van der Waals surface area contributed by atoms with Gasteiger partial charge in [0, 0.05) is 24.2 Å². The van der Waals surface area contributed by atoms with E-state index in [1.807, 2.05) is 0 Å². The number of benzene rings is 2. The molecule has 0 aliphatic carbocycles. The van der Waals surface area contributed by atoms with E-state index in [4.69, 9.17) is 9.15 Å². The normalized spacial score (nSPS) is 11.2. The van der Waals surface area contributed by atoms with Crippen LogP contribution in [0, 0.1) is 15.9 Å². The number of hydrogen-bond acceptors (Lipinski definition) is 9. The van der Waals surface area contributed by atoms with Crippen molar-refractivity contribution in [3.63, 3.8) is 0 Å². The number of non-ortho nitro benzene ring substituents is 1. The third-order valence-corrected chi connectivity index (χ3v) is 5.43. The summed E-state index contributed by atoms with van der Waals surface area (Å²) in [7, 11) is -4.20. The van der Waals surface area contributed by atoms with E-state index in [1.54, 1.807) is 0 Å². The molecule has 11 nitrogen and oxygen atoms in total. The zero-order chi connectivity index (χ0) is 23.3. The summed E-state index contributed by atoms with van der Waals surface area (Å²) < 4.78 is 50.7. The van der Waals surface area contributed by atoms with Crippen molar-refractivity contribution >= 4 is 21.7 Å². The topological polar surface area (TPSA) is 155 Å². The summed E-state index contributed by atoms with van der Waals surface area (Å²) in [5, 5.41) is 18.2. The molecule has 0 aliphatic rings. The monoisotopic (exact) mass is 462 g/mol. The number of halogens is 1. The van der Waals surface area contributed by atoms with Crippen LogP contribution < -0.4 is 4.72 Å². The number of carbonyl (C=O) groups excluding carboxylic acids is 1. The van der Waals surface area contributed by atoms with Gasteiger partial charge in [-0.1, -0.05) is 6.08 Å². The minimum absolute atomic E-state index is 0.0504. The summed E-state index contributed by atoms with van der Waals surface area (Å²) in [4.78, 5) is 21.7. The van der Waals surface area contributed by atoms with Gasteiger partial charge in [0.1, 0.15) is 10.7 Å². The highest BCUT2D eigenvalue weighted by atomic mass is 32.2. The Morgan fingerprint density at radius 3 is 2.62 bits per heavy atom. The second-order valence-electron chi connectivity index (χ2n) is 6.17. The summed E-state index contributed by atoms with van der Waals surface area (Å²) >= 11 is 0. The third kappa shape index (κ3) is 5.19. The first-order valence-electron chi connectivity index (χ1n) is 8.85. The van der Waals surface area contributed by atoms with Crippen LogP contribution in [0.1, 0.15) is 16.2 Å². The van der Waals surface area contributed by atoms with Crippen LogP contribution in [0.25, 0.3) is 11.5 Å². The Morgan fingerprint density at radius 1 is 1.25 bits per heavy atom. The molecule has 0 spiro atoms. The van der Waals surface area contributed by atoms with Gasteiger partial charge in [0.05, 0.1) is 10.5 Å². The second-order valence-corrected chi connectivity index (χ2v) is 7.90. The maximum absolute atomic E-state index is 14.0. The number of hydrogen-bond donors (Lipinski definition) is 1. The maximum atomic E-state index is 14.0. The fourth-order valence-corrected chi connectivity index (χ4v) is 3.55. The fraction of sp³-hybridized carbons (Fsp3) is 0.105.